The number of hydrogen-bond acceptors (Lipinski definition) is 6. The first-order valence-electron chi connectivity index (χ1n) is 27.8. The molecule has 13 heteroatoms. The molecule has 0 N–H and O–H groups in total. The molecule has 19 rings (SSSR count). The van der Waals surface area contributed by atoms with E-state index < -0.39 is 0 Å². The van der Waals surface area contributed by atoms with Gasteiger partial charge in [0.05, 0.1) is 28.7 Å². The molecule has 0 unspecified atom stereocenters. The van der Waals surface area contributed by atoms with Gasteiger partial charge in [0.1, 0.15) is 0 Å². The van der Waals surface area contributed by atoms with Gasteiger partial charge in [0, 0.05) is 100 Å². The molecular weight excluding hydrogens is 1400 g/mol. The topological polar surface area (TPSA) is 72.3 Å². The van der Waals surface area contributed by atoms with Crippen LogP contribution in [0, 0.1) is 24.3 Å². The van der Waals surface area contributed by atoms with Crippen LogP contribution in [0.2, 0.25) is 0 Å². The average Bonchev–Trinajstić information content (AvgIpc) is 2.38. The van der Waals surface area contributed by atoms with Crippen molar-refractivity contribution in [2.24, 2.45) is 0 Å². The van der Waals surface area contributed by atoms with Gasteiger partial charge >= 0.3 is 0 Å². The summed E-state index contributed by atoms with van der Waals surface area (Å²) in [5, 5.41) is 5.92. The van der Waals surface area contributed by atoms with Crippen molar-refractivity contribution in [1.82, 2.24) is 33.7 Å². The van der Waals surface area contributed by atoms with Crippen LogP contribution in [0.4, 0.5) is 11.4 Å². The zero-order chi connectivity index (χ0) is 54.8. The number of imidazole rings is 3. The minimum Gasteiger partial charge on any atom is -0.340 e. The van der Waals surface area contributed by atoms with Crippen molar-refractivity contribution in [3.8, 4) is 56.3 Å². The van der Waals surface area contributed by atoms with Crippen LogP contribution in [0.15, 0.2) is 274 Å². The van der Waals surface area contributed by atoms with Gasteiger partial charge in [-0.05, 0) is 57.2 Å². The molecule has 0 spiro atoms. The van der Waals surface area contributed by atoms with E-state index in [4.69, 9.17) is 0 Å². The number of benzene rings is 10. The third-order valence-corrected chi connectivity index (χ3v) is 16.2. The van der Waals surface area contributed by atoms with Crippen molar-refractivity contribution in [1.29, 1.82) is 0 Å². The monoisotopic (exact) mass is 1440 g/mol. The fraction of sp³-hybridized carbons (Fsp3) is 0. The summed E-state index contributed by atoms with van der Waals surface area (Å²) >= 11 is 0. The molecule has 0 amide bonds. The van der Waals surface area contributed by atoms with Crippen LogP contribution in [0.25, 0.3) is 94.4 Å². The molecule has 2 radical (unpaired) electrons. The molecule has 0 saturated carbocycles. The molecule has 9 heterocycles. The summed E-state index contributed by atoms with van der Waals surface area (Å²) in [7, 11) is 0. The molecule has 0 atom stereocenters. The van der Waals surface area contributed by atoms with Crippen LogP contribution in [0.5, 0.6) is 0 Å². The average molecular weight is 1440 g/mol. The number of fused-ring (bicyclic) bond motifs is 29. The van der Waals surface area contributed by atoms with Crippen LogP contribution in [-0.4, -0.2) is 47.4 Å². The fourth-order valence-electron chi connectivity index (χ4n) is 12.7. The number of rotatable bonds is 1. The quantitative estimate of drug-likeness (QED) is 0.0926. The molecule has 85 heavy (non-hydrogen) atoms. The predicted octanol–water partition coefficient (Wildman–Crippen LogP) is 12.6. The van der Waals surface area contributed by atoms with Crippen LogP contribution >= 0.6 is 0 Å². The SMILES string of the molecule is [Ir].[Ir].[c-]1cccc2c1-c1nccn1N1B2c2ccccc2-c2ccccc21.[c-]1cccc2c1-c1nccn1N1B2c2ccccc2-c2ccccc21.[c-]1cccc2c1c1nccn1c1ccccc21.[c-]1ccccc1-c1nccc2ccccc12. The van der Waals surface area contributed by atoms with Crippen molar-refractivity contribution in [2.45, 2.75) is 0 Å². The molecular formula is C72H45B2Ir2N9-4. The zero-order valence-corrected chi connectivity index (χ0v) is 50.1. The number of anilines is 2. The second kappa shape index (κ2) is 22.4. The van der Waals surface area contributed by atoms with E-state index in [9.17, 15) is 0 Å². The largest absolute Gasteiger partial charge is 0.340 e. The Labute approximate surface area is 519 Å². The van der Waals surface area contributed by atoms with Crippen molar-refractivity contribution < 1.29 is 40.2 Å². The van der Waals surface area contributed by atoms with E-state index in [2.05, 4.69) is 232 Å². The summed E-state index contributed by atoms with van der Waals surface area (Å²) in [6.07, 6.45) is 13.5. The third-order valence-electron chi connectivity index (χ3n) is 16.2. The van der Waals surface area contributed by atoms with E-state index in [0.717, 1.165) is 45.1 Å². The van der Waals surface area contributed by atoms with E-state index in [1.807, 2.05) is 110 Å². The summed E-state index contributed by atoms with van der Waals surface area (Å²) in [5.41, 5.74) is 19.1. The number of hydrogen-bond donors (Lipinski definition) is 0. The summed E-state index contributed by atoms with van der Waals surface area (Å²) in [6.45, 7) is 0.250. The minimum absolute atomic E-state index is 0. The standard InChI is InChI=1S/2C21H13BN3.C15H9N2.C15H10N.2Ir/c2*1-4-10-18-15(7-1)16-8-3-6-12-20(16)25-22(18)19-11-5-2-9-17(19)21-23-13-14-24(21)25;1-2-7-13-11(5-1)12-6-3-4-8-14(12)17-10-9-16-15(13)17;1-2-7-13(8-3-1)15-14-9-5-4-6-12(14)10-11-16-15;;/h2*1-8,10-14H;1-6,8-10H;1-7,9-11H;;/q4*-1;;. The van der Waals surface area contributed by atoms with Crippen molar-refractivity contribution >= 4 is 85.0 Å². The fourth-order valence-corrected chi connectivity index (χ4v) is 12.7. The van der Waals surface area contributed by atoms with E-state index in [1.165, 1.54) is 82.5 Å². The van der Waals surface area contributed by atoms with Crippen LogP contribution in [0.3, 0.4) is 0 Å². The van der Waals surface area contributed by atoms with Gasteiger partial charge in [0.2, 0.25) is 0 Å². The normalized spacial score (nSPS) is 12.2. The Morgan fingerprint density at radius 3 is 1.48 bits per heavy atom. The smallest absolute Gasteiger partial charge is 0.295 e. The first-order chi connectivity index (χ1) is 41.3. The van der Waals surface area contributed by atoms with Crippen molar-refractivity contribution in [3.63, 3.8) is 0 Å². The second-order valence-electron chi connectivity index (χ2n) is 20.6. The van der Waals surface area contributed by atoms with Gasteiger partial charge in [-0.2, -0.15) is 0 Å². The van der Waals surface area contributed by atoms with Crippen LogP contribution in [-0.2, 0) is 40.2 Å². The van der Waals surface area contributed by atoms with E-state index >= 15 is 0 Å². The summed E-state index contributed by atoms with van der Waals surface area (Å²) in [4.78, 5) is 22.8. The third kappa shape index (κ3) is 8.86. The minimum atomic E-state index is 0. The summed E-state index contributed by atoms with van der Waals surface area (Å²) in [5.74, 6) is 1.89. The van der Waals surface area contributed by atoms with E-state index in [1.54, 1.807) is 0 Å². The Balaban J connectivity index is 0.000000102. The van der Waals surface area contributed by atoms with Gasteiger partial charge < -0.3 is 19.2 Å². The molecule has 15 aromatic rings. The Bertz CT molecular complexity index is 4710. The van der Waals surface area contributed by atoms with E-state index in [0.29, 0.717) is 0 Å². The Hall–Kier alpha value is -9.73. The molecule has 4 aliphatic rings. The maximum Gasteiger partial charge on any atom is 0.295 e. The summed E-state index contributed by atoms with van der Waals surface area (Å²) in [6, 6.07) is 93.1. The van der Waals surface area contributed by atoms with Crippen LogP contribution < -0.4 is 31.7 Å². The van der Waals surface area contributed by atoms with Gasteiger partial charge in [0.25, 0.3) is 13.7 Å². The molecule has 10 aromatic carbocycles. The molecule has 5 aromatic heterocycles. The Morgan fingerprint density at radius 1 is 0.353 bits per heavy atom. The van der Waals surface area contributed by atoms with Gasteiger partial charge in [-0.25, -0.2) is 0 Å². The number of aromatic nitrogens is 7. The first-order valence-corrected chi connectivity index (χ1v) is 27.8. The second-order valence-corrected chi connectivity index (χ2v) is 20.6. The molecule has 0 bridgehead atoms. The van der Waals surface area contributed by atoms with Crippen LogP contribution in [0.1, 0.15) is 0 Å². The van der Waals surface area contributed by atoms with Crippen molar-refractivity contribution in [2.75, 3.05) is 9.84 Å². The maximum atomic E-state index is 4.61. The number of para-hydroxylation sites is 3. The zero-order valence-electron chi connectivity index (χ0n) is 45.3. The van der Waals surface area contributed by atoms with Gasteiger partial charge in [0.15, 0.2) is 0 Å². The molecule has 406 valence electrons. The Morgan fingerprint density at radius 2 is 0.847 bits per heavy atom. The predicted molar refractivity (Wildman–Crippen MR) is 338 cm³/mol. The summed E-state index contributed by atoms with van der Waals surface area (Å²) < 4.78 is 6.45. The van der Waals surface area contributed by atoms with Gasteiger partial charge in [-0.1, -0.05) is 144 Å². The number of pyridine rings is 2. The first kappa shape index (κ1) is 53.3. The molecule has 9 nitrogen and oxygen atoms in total. The maximum absolute atomic E-state index is 4.61. The van der Waals surface area contributed by atoms with Gasteiger partial charge in [-0.3, -0.25) is 24.3 Å². The molecule has 4 aliphatic heterocycles. The van der Waals surface area contributed by atoms with E-state index in [-0.39, 0.29) is 53.9 Å². The molecule has 0 fully saturated rings. The number of nitrogens with zero attached hydrogens (tertiary/aromatic N) is 9. The molecule has 0 saturated heterocycles. The van der Waals surface area contributed by atoms with Crippen molar-refractivity contribution in [3.05, 3.63) is 298 Å². The van der Waals surface area contributed by atoms with Gasteiger partial charge in [-0.15, -0.1) is 136 Å². The Kier molecular flexibility index (Phi) is 14.1. The molecule has 0 aliphatic carbocycles.